The predicted molar refractivity (Wildman–Crippen MR) is 83.4 cm³/mol. The summed E-state index contributed by atoms with van der Waals surface area (Å²) >= 11 is 11.8. The number of benzene rings is 2. The lowest BCUT2D eigenvalue weighted by atomic mass is 10.2. The zero-order chi connectivity index (χ0) is 15.0. The number of fused-ring (bicyclic) bond motifs is 1. The van der Waals surface area contributed by atoms with E-state index >= 15 is 0 Å². The first-order chi connectivity index (χ1) is 9.95. The minimum atomic E-state index is -3.82. The molecule has 0 saturated carbocycles. The molecule has 1 heterocycles. The van der Waals surface area contributed by atoms with Crippen molar-refractivity contribution in [1.82, 2.24) is 10.2 Å². The first-order valence-electron chi connectivity index (χ1n) is 5.87. The second-order valence-corrected chi connectivity index (χ2v) is 6.85. The minimum absolute atomic E-state index is 0.0658. The molecule has 0 radical (unpaired) electrons. The van der Waals surface area contributed by atoms with Crippen LogP contribution in [0.4, 0.5) is 5.69 Å². The fourth-order valence-corrected chi connectivity index (χ4v) is 3.71. The van der Waals surface area contributed by atoms with Crippen LogP contribution in [0.1, 0.15) is 0 Å². The maximum absolute atomic E-state index is 12.4. The smallest absolute Gasteiger partial charge is 0.263 e. The number of aromatic nitrogens is 2. The number of hydrogen-bond acceptors (Lipinski definition) is 3. The minimum Gasteiger partial charge on any atom is -0.280 e. The summed E-state index contributed by atoms with van der Waals surface area (Å²) in [4.78, 5) is -0.0658. The lowest BCUT2D eigenvalue weighted by molar-refractivity contribution is 0.601. The fourth-order valence-electron chi connectivity index (χ4n) is 1.90. The molecule has 5 nitrogen and oxygen atoms in total. The van der Waals surface area contributed by atoms with Crippen LogP contribution < -0.4 is 4.72 Å². The SMILES string of the molecule is O=S(=O)(Nc1ccc2[nH]ncc2c1)c1cc(Cl)ccc1Cl. The van der Waals surface area contributed by atoms with Gasteiger partial charge in [0.2, 0.25) is 0 Å². The molecule has 0 saturated heterocycles. The van der Waals surface area contributed by atoms with Crippen LogP contribution in [0.2, 0.25) is 10.0 Å². The van der Waals surface area contributed by atoms with Gasteiger partial charge in [0.1, 0.15) is 4.90 Å². The Hall–Kier alpha value is -1.76. The molecule has 108 valence electrons. The third-order valence-corrected chi connectivity index (χ3v) is 4.97. The maximum atomic E-state index is 12.4. The van der Waals surface area contributed by atoms with Gasteiger partial charge in [-0.1, -0.05) is 23.2 Å². The maximum Gasteiger partial charge on any atom is 0.263 e. The van der Waals surface area contributed by atoms with Gasteiger partial charge in [0.05, 0.1) is 16.7 Å². The standard InChI is InChI=1S/C13H9Cl2N3O2S/c14-9-1-3-11(15)13(6-9)21(19,20)18-10-2-4-12-8(5-10)7-16-17-12/h1-7,18H,(H,16,17). The van der Waals surface area contributed by atoms with Crippen molar-refractivity contribution in [3.63, 3.8) is 0 Å². The number of anilines is 1. The van der Waals surface area contributed by atoms with Crippen LogP contribution >= 0.6 is 23.2 Å². The summed E-state index contributed by atoms with van der Waals surface area (Å²) in [5.41, 5.74) is 1.23. The van der Waals surface area contributed by atoms with E-state index < -0.39 is 10.0 Å². The molecule has 0 bridgehead atoms. The third kappa shape index (κ3) is 2.83. The number of halogens is 2. The van der Waals surface area contributed by atoms with E-state index in [2.05, 4.69) is 14.9 Å². The van der Waals surface area contributed by atoms with Gasteiger partial charge in [0, 0.05) is 16.1 Å². The lowest BCUT2D eigenvalue weighted by Gasteiger charge is -2.10. The number of sulfonamides is 1. The molecule has 0 atom stereocenters. The zero-order valence-electron chi connectivity index (χ0n) is 10.5. The predicted octanol–water partition coefficient (Wildman–Crippen LogP) is 3.67. The second kappa shape index (κ2) is 5.22. The zero-order valence-corrected chi connectivity index (χ0v) is 12.8. The van der Waals surface area contributed by atoms with Crippen molar-refractivity contribution in [2.24, 2.45) is 0 Å². The van der Waals surface area contributed by atoms with Gasteiger partial charge in [-0.15, -0.1) is 0 Å². The molecule has 1 aromatic heterocycles. The van der Waals surface area contributed by atoms with Crippen LogP contribution in [0, 0.1) is 0 Å². The Morgan fingerprint density at radius 1 is 1.10 bits per heavy atom. The van der Waals surface area contributed by atoms with Gasteiger partial charge >= 0.3 is 0 Å². The van der Waals surface area contributed by atoms with Crippen LogP contribution in [0.3, 0.4) is 0 Å². The van der Waals surface area contributed by atoms with Gasteiger partial charge in [-0.05, 0) is 36.4 Å². The van der Waals surface area contributed by atoms with Gasteiger partial charge in [-0.25, -0.2) is 8.42 Å². The topological polar surface area (TPSA) is 74.8 Å². The van der Waals surface area contributed by atoms with E-state index in [1.165, 1.54) is 18.2 Å². The highest BCUT2D eigenvalue weighted by Gasteiger charge is 2.18. The first kappa shape index (κ1) is 14.2. The summed E-state index contributed by atoms with van der Waals surface area (Å²) in [6.45, 7) is 0. The van der Waals surface area contributed by atoms with Crippen molar-refractivity contribution in [1.29, 1.82) is 0 Å². The van der Waals surface area contributed by atoms with Crippen LogP contribution in [0.25, 0.3) is 10.9 Å². The van der Waals surface area contributed by atoms with Crippen molar-refractivity contribution < 1.29 is 8.42 Å². The van der Waals surface area contributed by atoms with Crippen LogP contribution in [0.15, 0.2) is 47.5 Å². The molecule has 21 heavy (non-hydrogen) atoms. The summed E-state index contributed by atoms with van der Waals surface area (Å²) in [5, 5.41) is 7.88. The van der Waals surface area contributed by atoms with Crippen LogP contribution in [-0.4, -0.2) is 18.6 Å². The number of aromatic amines is 1. The Labute approximate surface area is 130 Å². The van der Waals surface area contributed by atoms with Gasteiger partial charge < -0.3 is 0 Å². The molecular formula is C13H9Cl2N3O2S. The van der Waals surface area contributed by atoms with E-state index in [0.717, 1.165) is 10.9 Å². The van der Waals surface area contributed by atoms with E-state index in [4.69, 9.17) is 23.2 Å². The van der Waals surface area contributed by atoms with E-state index in [1.54, 1.807) is 24.4 Å². The fraction of sp³-hybridized carbons (Fsp3) is 0. The molecule has 0 amide bonds. The molecule has 3 aromatic rings. The average molecular weight is 342 g/mol. The normalized spacial score (nSPS) is 11.7. The Balaban J connectivity index is 2.00. The van der Waals surface area contributed by atoms with Gasteiger partial charge in [0.25, 0.3) is 10.0 Å². The van der Waals surface area contributed by atoms with E-state index in [9.17, 15) is 8.42 Å². The highest BCUT2D eigenvalue weighted by atomic mass is 35.5. The van der Waals surface area contributed by atoms with Gasteiger partial charge in [0.15, 0.2) is 0 Å². The molecule has 0 aliphatic rings. The summed E-state index contributed by atoms with van der Waals surface area (Å²) < 4.78 is 27.2. The molecule has 2 N–H and O–H groups in total. The van der Waals surface area contributed by atoms with Crippen LogP contribution in [0.5, 0.6) is 0 Å². The van der Waals surface area contributed by atoms with Gasteiger partial charge in [-0.3, -0.25) is 9.82 Å². The van der Waals surface area contributed by atoms with Crippen LogP contribution in [-0.2, 0) is 10.0 Å². The number of nitrogens with one attached hydrogen (secondary N) is 2. The second-order valence-electron chi connectivity index (χ2n) is 4.35. The van der Waals surface area contributed by atoms with E-state index in [-0.39, 0.29) is 9.92 Å². The molecule has 8 heteroatoms. The molecule has 0 aliphatic carbocycles. The van der Waals surface area contributed by atoms with Crippen molar-refractivity contribution in [3.8, 4) is 0 Å². The Bertz CT molecular complexity index is 922. The molecule has 2 aromatic carbocycles. The van der Waals surface area contributed by atoms with Crippen molar-refractivity contribution in [2.45, 2.75) is 4.90 Å². The van der Waals surface area contributed by atoms with E-state index in [0.29, 0.717) is 10.7 Å². The molecule has 0 fully saturated rings. The number of H-pyrrole nitrogens is 1. The summed E-state index contributed by atoms with van der Waals surface area (Å²) in [7, 11) is -3.82. The Morgan fingerprint density at radius 2 is 1.90 bits per heavy atom. The lowest BCUT2D eigenvalue weighted by Crippen LogP contribution is -2.13. The monoisotopic (exact) mass is 341 g/mol. The largest absolute Gasteiger partial charge is 0.280 e. The van der Waals surface area contributed by atoms with Crippen molar-refractivity contribution in [2.75, 3.05) is 4.72 Å². The quantitative estimate of drug-likeness (QED) is 0.763. The summed E-state index contributed by atoms with van der Waals surface area (Å²) in [5.74, 6) is 0. The molecule has 0 spiro atoms. The Kier molecular flexibility index (Phi) is 3.52. The highest BCUT2D eigenvalue weighted by molar-refractivity contribution is 7.92. The first-order valence-corrected chi connectivity index (χ1v) is 8.11. The Morgan fingerprint density at radius 3 is 2.71 bits per heavy atom. The highest BCUT2D eigenvalue weighted by Crippen LogP contribution is 2.27. The third-order valence-electron chi connectivity index (χ3n) is 2.88. The van der Waals surface area contributed by atoms with Crippen molar-refractivity contribution >= 4 is 49.8 Å². The summed E-state index contributed by atoms with van der Waals surface area (Å²) in [6.07, 6.45) is 1.61. The molecule has 0 aliphatic heterocycles. The van der Waals surface area contributed by atoms with Crippen molar-refractivity contribution in [3.05, 3.63) is 52.6 Å². The number of hydrogen-bond donors (Lipinski definition) is 2. The molecular weight excluding hydrogens is 333 g/mol. The molecule has 0 unspecified atom stereocenters. The summed E-state index contributed by atoms with van der Waals surface area (Å²) in [6, 6.07) is 9.33. The number of nitrogens with zero attached hydrogens (tertiary/aromatic N) is 1. The van der Waals surface area contributed by atoms with E-state index in [1.807, 2.05) is 0 Å². The average Bonchev–Trinajstić information content (AvgIpc) is 2.88. The van der Waals surface area contributed by atoms with Gasteiger partial charge in [-0.2, -0.15) is 5.10 Å². The molecule has 3 rings (SSSR count). The number of rotatable bonds is 3.